The van der Waals surface area contributed by atoms with E-state index in [0.717, 1.165) is 4.21 Å². The summed E-state index contributed by atoms with van der Waals surface area (Å²) in [6.07, 6.45) is 1.84. The van der Waals surface area contributed by atoms with Gasteiger partial charge in [-0.05, 0) is 0 Å². The van der Waals surface area contributed by atoms with Crippen LogP contribution < -0.4 is 4.21 Å². The minimum atomic E-state index is 1.09. The standard InChI is InChI=1S/C13H8NS.Ir/c1-2-6-12-11(4-1)9-15-13(12)10-5-3-7-14-8-10;/h1-7,9H;. The Labute approximate surface area is 108 Å². The van der Waals surface area contributed by atoms with Crippen LogP contribution in [0.15, 0.2) is 48.0 Å². The number of thiophene rings is 1. The first-order valence-corrected chi connectivity index (χ1v) is 6.99. The van der Waals surface area contributed by atoms with Crippen LogP contribution in [0, 0.1) is 0 Å². The van der Waals surface area contributed by atoms with Crippen molar-refractivity contribution < 1.29 is 18.9 Å². The van der Waals surface area contributed by atoms with Gasteiger partial charge in [0.15, 0.2) is 0 Å². The molecule has 2 aromatic heterocycles. The summed E-state index contributed by atoms with van der Waals surface area (Å²) < 4.78 is 1.09. The summed E-state index contributed by atoms with van der Waals surface area (Å²) in [5, 5.41) is 4.84. The van der Waals surface area contributed by atoms with Crippen molar-refractivity contribution in [3.8, 4) is 10.4 Å². The molecule has 80 valence electrons. The van der Waals surface area contributed by atoms with Crippen LogP contribution in [0.4, 0.5) is 0 Å². The Bertz CT molecular complexity index is 645. The van der Waals surface area contributed by atoms with E-state index in [0.29, 0.717) is 0 Å². The summed E-state index contributed by atoms with van der Waals surface area (Å²) >= 11 is 3.85. The first kappa shape index (κ1) is 10.2. The minimum absolute atomic E-state index is 1.09. The van der Waals surface area contributed by atoms with Gasteiger partial charge in [-0.1, -0.05) is 0 Å². The van der Waals surface area contributed by atoms with Gasteiger partial charge in [-0.2, -0.15) is 0 Å². The second-order valence-corrected chi connectivity index (χ2v) is 5.49. The Hall–Kier alpha value is -1.02. The third-order valence-electron chi connectivity index (χ3n) is 2.50. The number of fused-ring (bicyclic) bond motifs is 1. The maximum absolute atomic E-state index is 4.35. The Morgan fingerprint density at radius 1 is 1.06 bits per heavy atom. The molecule has 3 heteroatoms. The van der Waals surface area contributed by atoms with Crippen LogP contribution in [0.2, 0.25) is 0 Å². The first-order chi connectivity index (χ1) is 7.86. The average molecular weight is 402 g/mol. The van der Waals surface area contributed by atoms with E-state index in [1.54, 1.807) is 11.3 Å². The fraction of sp³-hybridized carbons (Fsp3) is 0. The molecule has 0 amide bonds. The van der Waals surface area contributed by atoms with Crippen molar-refractivity contribution in [1.29, 1.82) is 0 Å². The van der Waals surface area contributed by atoms with Gasteiger partial charge in [-0.3, -0.25) is 0 Å². The van der Waals surface area contributed by atoms with Gasteiger partial charge >= 0.3 is 109 Å². The van der Waals surface area contributed by atoms with Crippen LogP contribution in [-0.4, -0.2) is 4.98 Å². The van der Waals surface area contributed by atoms with Crippen molar-refractivity contribution in [2.45, 2.75) is 0 Å². The number of hydrogen-bond donors (Lipinski definition) is 0. The maximum atomic E-state index is 4.35. The molecule has 0 spiro atoms. The zero-order valence-electron chi connectivity index (χ0n) is 8.31. The van der Waals surface area contributed by atoms with Crippen molar-refractivity contribution in [3.63, 3.8) is 0 Å². The van der Waals surface area contributed by atoms with E-state index in [1.165, 1.54) is 21.2 Å². The quantitative estimate of drug-likeness (QED) is 0.610. The van der Waals surface area contributed by atoms with Gasteiger partial charge in [0, 0.05) is 0 Å². The molecular formula is C13H8IrNS. The monoisotopic (exact) mass is 403 g/mol. The number of pyridine rings is 1. The molecule has 0 aliphatic heterocycles. The van der Waals surface area contributed by atoms with Gasteiger partial charge in [0.2, 0.25) is 0 Å². The molecule has 0 unspecified atom stereocenters. The number of rotatable bonds is 1. The van der Waals surface area contributed by atoms with Crippen molar-refractivity contribution in [3.05, 3.63) is 48.0 Å². The zero-order valence-corrected chi connectivity index (χ0v) is 11.5. The molecule has 3 rings (SSSR count). The second-order valence-electron chi connectivity index (χ2n) is 3.47. The topological polar surface area (TPSA) is 12.9 Å². The Morgan fingerprint density at radius 3 is 2.81 bits per heavy atom. The number of benzene rings is 1. The van der Waals surface area contributed by atoms with Crippen LogP contribution in [0.5, 0.6) is 0 Å². The fourth-order valence-corrected chi connectivity index (χ4v) is 3.68. The van der Waals surface area contributed by atoms with Gasteiger partial charge in [-0.25, -0.2) is 0 Å². The average Bonchev–Trinajstić information content (AvgIpc) is 2.74. The van der Waals surface area contributed by atoms with Crippen LogP contribution >= 0.6 is 11.3 Å². The Balaban J connectivity index is 2.31. The molecule has 0 radical (unpaired) electrons. The van der Waals surface area contributed by atoms with Crippen molar-refractivity contribution in [2.75, 3.05) is 0 Å². The molecule has 0 aliphatic carbocycles. The molecule has 0 saturated carbocycles. The molecule has 0 saturated heterocycles. The summed E-state index contributed by atoms with van der Waals surface area (Å²) in [4.78, 5) is 5.67. The first-order valence-electron chi connectivity index (χ1n) is 4.91. The van der Waals surface area contributed by atoms with Crippen molar-refractivity contribution in [2.24, 2.45) is 0 Å². The number of hydrogen-bond acceptors (Lipinski definition) is 2. The molecule has 0 bridgehead atoms. The van der Waals surface area contributed by atoms with Crippen molar-refractivity contribution >= 4 is 26.3 Å². The van der Waals surface area contributed by atoms with Gasteiger partial charge in [0.1, 0.15) is 0 Å². The molecule has 0 fully saturated rings. The second kappa shape index (κ2) is 4.10. The molecule has 3 aromatic rings. The molecule has 0 atom stereocenters. The molecule has 0 aliphatic rings. The molecular weight excluding hydrogens is 394 g/mol. The van der Waals surface area contributed by atoms with Gasteiger partial charge < -0.3 is 0 Å². The fourth-order valence-electron chi connectivity index (χ4n) is 1.74. The molecule has 1 nitrogen and oxygen atoms in total. The molecule has 2 heterocycles. The Kier molecular flexibility index (Phi) is 2.60. The van der Waals surface area contributed by atoms with E-state index >= 15 is 0 Å². The van der Waals surface area contributed by atoms with E-state index in [2.05, 4.69) is 59.6 Å². The van der Waals surface area contributed by atoms with E-state index in [1.807, 2.05) is 12.3 Å². The van der Waals surface area contributed by atoms with E-state index in [4.69, 9.17) is 0 Å². The van der Waals surface area contributed by atoms with Crippen LogP contribution in [0.1, 0.15) is 0 Å². The summed E-state index contributed by atoms with van der Waals surface area (Å²) in [5.74, 6) is 0. The Morgan fingerprint density at radius 2 is 1.94 bits per heavy atom. The number of aromatic nitrogens is 1. The van der Waals surface area contributed by atoms with Crippen LogP contribution in [0.25, 0.3) is 21.2 Å². The van der Waals surface area contributed by atoms with Gasteiger partial charge in [-0.15, -0.1) is 0 Å². The summed E-state index contributed by atoms with van der Waals surface area (Å²) in [6.45, 7) is 0. The van der Waals surface area contributed by atoms with Crippen LogP contribution in [0.3, 0.4) is 0 Å². The van der Waals surface area contributed by atoms with E-state index in [-0.39, 0.29) is 0 Å². The van der Waals surface area contributed by atoms with E-state index in [9.17, 15) is 0 Å². The van der Waals surface area contributed by atoms with Gasteiger partial charge in [0.25, 0.3) is 0 Å². The molecule has 16 heavy (non-hydrogen) atoms. The van der Waals surface area contributed by atoms with Crippen molar-refractivity contribution in [1.82, 2.24) is 4.98 Å². The summed E-state index contributed by atoms with van der Waals surface area (Å²) in [5.41, 5.74) is 1.24. The normalized spacial score (nSPS) is 10.9. The predicted octanol–water partition coefficient (Wildman–Crippen LogP) is 3.14. The molecule has 0 N–H and O–H groups in total. The van der Waals surface area contributed by atoms with Crippen LogP contribution in [-0.2, 0) is 18.9 Å². The number of nitrogens with zero attached hydrogens (tertiary/aromatic N) is 1. The van der Waals surface area contributed by atoms with E-state index < -0.39 is 0 Å². The van der Waals surface area contributed by atoms with Gasteiger partial charge in [0.05, 0.1) is 0 Å². The molecule has 1 aromatic carbocycles. The third kappa shape index (κ3) is 1.61. The summed E-state index contributed by atoms with van der Waals surface area (Å²) in [6, 6.07) is 12.6. The third-order valence-corrected chi connectivity index (χ3v) is 4.50. The predicted molar refractivity (Wildman–Crippen MR) is 64.7 cm³/mol. The SMILES string of the molecule is [Ir][c]1ncccc1-c1scc2ccccc12. The summed E-state index contributed by atoms with van der Waals surface area (Å²) in [7, 11) is 0. The zero-order chi connectivity index (χ0) is 11.0.